The van der Waals surface area contributed by atoms with Crippen molar-refractivity contribution in [2.75, 3.05) is 17.7 Å². The molecule has 0 atom stereocenters. The molecule has 0 aliphatic rings. The fourth-order valence-electron chi connectivity index (χ4n) is 2.62. The maximum Gasteiger partial charge on any atom is 0.143 e. The molecule has 2 aromatic carbocycles. The molecule has 0 radical (unpaired) electrons. The molecule has 0 unspecified atom stereocenters. The number of methoxy groups -OCH3 is 1. The van der Waals surface area contributed by atoms with Crippen LogP contribution in [-0.2, 0) is 6.54 Å². The van der Waals surface area contributed by atoms with Crippen LogP contribution in [0.25, 0.3) is 0 Å². The van der Waals surface area contributed by atoms with E-state index < -0.39 is 0 Å². The number of anilines is 3. The molecule has 6 nitrogen and oxygen atoms in total. The molecule has 2 N–H and O–H groups in total. The average molecular weight is 364 g/mol. The molecule has 1 heterocycles. The van der Waals surface area contributed by atoms with Crippen LogP contribution in [0, 0.1) is 0 Å². The van der Waals surface area contributed by atoms with E-state index in [1.807, 2.05) is 68.4 Å². The Bertz CT molecular complexity index is 883. The molecule has 27 heavy (non-hydrogen) atoms. The van der Waals surface area contributed by atoms with Crippen molar-refractivity contribution in [3.05, 3.63) is 66.5 Å². The Kier molecular flexibility index (Phi) is 6.10. The van der Waals surface area contributed by atoms with Crippen LogP contribution >= 0.6 is 0 Å². The SMILES string of the molecule is COc1ccccc1CNc1cc(Nc2ccccc2OC(C)C)ncn1. The predicted octanol–water partition coefficient (Wildman–Crippen LogP) is 4.63. The van der Waals surface area contributed by atoms with E-state index in [1.54, 1.807) is 7.11 Å². The third-order valence-electron chi connectivity index (χ3n) is 3.83. The van der Waals surface area contributed by atoms with Gasteiger partial charge in [-0.15, -0.1) is 0 Å². The molecule has 6 heteroatoms. The number of benzene rings is 2. The van der Waals surface area contributed by atoms with Gasteiger partial charge in [-0.3, -0.25) is 0 Å². The molecule has 0 fully saturated rings. The molecule has 140 valence electrons. The first-order valence-corrected chi connectivity index (χ1v) is 8.86. The number of nitrogens with zero attached hydrogens (tertiary/aromatic N) is 2. The zero-order valence-corrected chi connectivity index (χ0v) is 15.8. The van der Waals surface area contributed by atoms with Gasteiger partial charge < -0.3 is 20.1 Å². The molecular formula is C21H24N4O2. The number of para-hydroxylation sites is 3. The molecule has 0 bridgehead atoms. The summed E-state index contributed by atoms with van der Waals surface area (Å²) < 4.78 is 11.2. The topological polar surface area (TPSA) is 68.3 Å². The first-order valence-electron chi connectivity index (χ1n) is 8.86. The Labute approximate surface area is 159 Å². The summed E-state index contributed by atoms with van der Waals surface area (Å²) >= 11 is 0. The highest BCUT2D eigenvalue weighted by Crippen LogP contribution is 2.28. The van der Waals surface area contributed by atoms with E-state index in [0.717, 1.165) is 28.6 Å². The van der Waals surface area contributed by atoms with Gasteiger partial charge in [-0.25, -0.2) is 9.97 Å². The summed E-state index contributed by atoms with van der Waals surface area (Å²) in [6.07, 6.45) is 1.62. The van der Waals surface area contributed by atoms with Crippen LogP contribution in [0.3, 0.4) is 0 Å². The molecule has 0 saturated heterocycles. The Hall–Kier alpha value is -3.28. The van der Waals surface area contributed by atoms with Gasteiger partial charge in [-0.2, -0.15) is 0 Å². The van der Waals surface area contributed by atoms with Crippen LogP contribution < -0.4 is 20.1 Å². The van der Waals surface area contributed by atoms with Crippen LogP contribution in [0.5, 0.6) is 11.5 Å². The smallest absolute Gasteiger partial charge is 0.143 e. The first kappa shape index (κ1) is 18.5. The minimum Gasteiger partial charge on any atom is -0.496 e. The Balaban J connectivity index is 1.71. The molecule has 0 aliphatic carbocycles. The van der Waals surface area contributed by atoms with Crippen LogP contribution in [0.4, 0.5) is 17.3 Å². The van der Waals surface area contributed by atoms with Crippen molar-refractivity contribution >= 4 is 17.3 Å². The van der Waals surface area contributed by atoms with Crippen LogP contribution in [0.1, 0.15) is 19.4 Å². The van der Waals surface area contributed by atoms with Crippen molar-refractivity contribution in [3.8, 4) is 11.5 Å². The van der Waals surface area contributed by atoms with E-state index in [4.69, 9.17) is 9.47 Å². The van der Waals surface area contributed by atoms with Gasteiger partial charge in [0.05, 0.1) is 18.9 Å². The minimum absolute atomic E-state index is 0.0939. The van der Waals surface area contributed by atoms with Gasteiger partial charge in [-0.1, -0.05) is 30.3 Å². The van der Waals surface area contributed by atoms with Gasteiger partial charge in [0.2, 0.25) is 0 Å². The van der Waals surface area contributed by atoms with Gasteiger partial charge >= 0.3 is 0 Å². The molecule has 0 aliphatic heterocycles. The molecule has 3 rings (SSSR count). The number of nitrogens with one attached hydrogen (secondary N) is 2. The second-order valence-electron chi connectivity index (χ2n) is 6.24. The molecular weight excluding hydrogens is 340 g/mol. The van der Waals surface area contributed by atoms with E-state index in [1.165, 1.54) is 6.33 Å². The predicted molar refractivity (Wildman–Crippen MR) is 108 cm³/mol. The highest BCUT2D eigenvalue weighted by Gasteiger charge is 2.07. The molecule has 0 saturated carbocycles. The molecule has 3 aromatic rings. The summed E-state index contributed by atoms with van der Waals surface area (Å²) in [7, 11) is 1.67. The lowest BCUT2D eigenvalue weighted by Crippen LogP contribution is -2.08. The highest BCUT2D eigenvalue weighted by atomic mass is 16.5. The third kappa shape index (κ3) is 5.10. The zero-order chi connectivity index (χ0) is 19.1. The number of hydrogen-bond acceptors (Lipinski definition) is 6. The Morgan fingerprint density at radius 3 is 2.41 bits per heavy atom. The quantitative estimate of drug-likeness (QED) is 0.607. The maximum absolute atomic E-state index is 5.84. The summed E-state index contributed by atoms with van der Waals surface area (Å²) in [4.78, 5) is 8.59. The lowest BCUT2D eigenvalue weighted by atomic mass is 10.2. The molecule has 0 spiro atoms. The standard InChI is InChI=1S/C21H24N4O2/c1-15(2)27-19-11-7-5-9-17(19)25-21-12-20(23-14-24-21)22-13-16-8-4-6-10-18(16)26-3/h4-12,14-15H,13H2,1-3H3,(H2,22,23,24,25). The van der Waals surface area contributed by atoms with Gasteiger partial charge in [0.25, 0.3) is 0 Å². The lowest BCUT2D eigenvalue weighted by molar-refractivity contribution is 0.244. The second kappa shape index (κ2) is 8.89. The van der Waals surface area contributed by atoms with Crippen molar-refractivity contribution in [1.82, 2.24) is 9.97 Å². The largest absolute Gasteiger partial charge is 0.496 e. The monoisotopic (exact) mass is 364 g/mol. The fourth-order valence-corrected chi connectivity index (χ4v) is 2.62. The number of rotatable bonds is 8. The highest BCUT2D eigenvalue weighted by molar-refractivity contribution is 5.65. The zero-order valence-electron chi connectivity index (χ0n) is 15.8. The number of hydrogen-bond donors (Lipinski definition) is 2. The lowest BCUT2D eigenvalue weighted by Gasteiger charge is -2.15. The second-order valence-corrected chi connectivity index (χ2v) is 6.24. The summed E-state index contributed by atoms with van der Waals surface area (Å²) in [5, 5.41) is 6.60. The van der Waals surface area contributed by atoms with E-state index in [0.29, 0.717) is 12.4 Å². The van der Waals surface area contributed by atoms with Crippen molar-refractivity contribution < 1.29 is 9.47 Å². The van der Waals surface area contributed by atoms with Crippen molar-refractivity contribution in [3.63, 3.8) is 0 Å². The summed E-state index contributed by atoms with van der Waals surface area (Å²) in [6, 6.07) is 17.6. The Morgan fingerprint density at radius 2 is 1.63 bits per heavy atom. The number of aromatic nitrogens is 2. The van der Waals surface area contributed by atoms with Gasteiger partial charge in [-0.05, 0) is 32.0 Å². The third-order valence-corrected chi connectivity index (χ3v) is 3.83. The normalized spacial score (nSPS) is 10.5. The van der Waals surface area contributed by atoms with Crippen LogP contribution in [0.15, 0.2) is 60.9 Å². The van der Waals surface area contributed by atoms with E-state index in [-0.39, 0.29) is 6.10 Å². The maximum atomic E-state index is 5.84. The van der Waals surface area contributed by atoms with Crippen molar-refractivity contribution in [1.29, 1.82) is 0 Å². The first-order chi connectivity index (χ1) is 13.2. The average Bonchev–Trinajstić information content (AvgIpc) is 2.68. The van der Waals surface area contributed by atoms with Crippen molar-refractivity contribution in [2.45, 2.75) is 26.5 Å². The van der Waals surface area contributed by atoms with Gasteiger partial charge in [0, 0.05) is 18.2 Å². The fraction of sp³-hybridized carbons (Fsp3) is 0.238. The summed E-state index contributed by atoms with van der Waals surface area (Å²) in [5.41, 5.74) is 1.92. The van der Waals surface area contributed by atoms with Crippen LogP contribution in [0.2, 0.25) is 0 Å². The van der Waals surface area contributed by atoms with E-state index >= 15 is 0 Å². The molecule has 0 amide bonds. The number of ether oxygens (including phenoxy) is 2. The summed E-state index contributed by atoms with van der Waals surface area (Å²) in [5.74, 6) is 3.04. The van der Waals surface area contributed by atoms with Crippen molar-refractivity contribution in [2.24, 2.45) is 0 Å². The van der Waals surface area contributed by atoms with E-state index in [9.17, 15) is 0 Å². The summed E-state index contributed by atoms with van der Waals surface area (Å²) in [6.45, 7) is 4.61. The van der Waals surface area contributed by atoms with E-state index in [2.05, 4.69) is 20.6 Å². The Morgan fingerprint density at radius 1 is 0.926 bits per heavy atom. The van der Waals surface area contributed by atoms with Gasteiger partial charge in [0.15, 0.2) is 0 Å². The van der Waals surface area contributed by atoms with Crippen LogP contribution in [-0.4, -0.2) is 23.2 Å². The van der Waals surface area contributed by atoms with Gasteiger partial charge in [0.1, 0.15) is 29.5 Å². The molecule has 1 aromatic heterocycles. The minimum atomic E-state index is 0.0939.